The molecule has 0 saturated carbocycles. The van der Waals surface area contributed by atoms with Crippen molar-refractivity contribution >= 4 is 34.7 Å². The Hall–Kier alpha value is -7.30. The summed E-state index contributed by atoms with van der Waals surface area (Å²) in [5.41, 5.74) is 8.52. The van der Waals surface area contributed by atoms with E-state index in [9.17, 15) is 14.7 Å². The van der Waals surface area contributed by atoms with E-state index in [4.69, 9.17) is 28.9 Å². The Bertz CT molecular complexity index is 2900. The van der Waals surface area contributed by atoms with E-state index in [0.29, 0.717) is 41.7 Å². The largest absolute Gasteiger partial charge is 0.497 e. The van der Waals surface area contributed by atoms with Gasteiger partial charge in [0, 0.05) is 42.6 Å². The number of nitrogens with one attached hydrogen (secondary N) is 1. The van der Waals surface area contributed by atoms with Gasteiger partial charge in [0.1, 0.15) is 29.8 Å². The normalized spacial score (nSPS) is 11.8. The molecule has 5 aromatic carbocycles. The monoisotopic (exact) mass is 906 g/mol. The van der Waals surface area contributed by atoms with Crippen LogP contribution in [0.3, 0.4) is 0 Å². The average Bonchev–Trinajstić information content (AvgIpc) is 4.08. The molecule has 0 aliphatic heterocycles. The number of ether oxygens (including phenoxy) is 4. The van der Waals surface area contributed by atoms with Gasteiger partial charge >= 0.3 is 11.9 Å². The lowest BCUT2D eigenvalue weighted by molar-refractivity contribution is -0.151. The number of carboxylic acids is 1. The summed E-state index contributed by atoms with van der Waals surface area (Å²) >= 11 is 1.60. The summed E-state index contributed by atoms with van der Waals surface area (Å²) in [5, 5.41) is 24.3. The summed E-state index contributed by atoms with van der Waals surface area (Å²) in [5.74, 6) is 2.57. The molecule has 1 unspecified atom stereocenters. The molecule has 0 saturated heterocycles. The third-order valence-corrected chi connectivity index (χ3v) is 12.1. The van der Waals surface area contributed by atoms with Crippen molar-refractivity contribution in [3.8, 4) is 34.0 Å². The molecule has 8 rings (SSSR count). The zero-order chi connectivity index (χ0) is 46.0. The number of imidazole rings is 2. The molecule has 3 heterocycles. The zero-order valence-corrected chi connectivity index (χ0v) is 38.0. The van der Waals surface area contributed by atoms with E-state index in [1.54, 1.807) is 18.9 Å². The van der Waals surface area contributed by atoms with Gasteiger partial charge in [0.2, 0.25) is 0 Å². The third-order valence-electron chi connectivity index (χ3n) is 11.1. The van der Waals surface area contributed by atoms with E-state index < -0.39 is 18.0 Å². The number of hydrogen-bond acceptors (Lipinski definition) is 12. The minimum Gasteiger partial charge on any atom is -0.497 e. The molecule has 1 atom stereocenters. The molecule has 3 aromatic heterocycles. The first kappa shape index (κ1) is 45.3. The number of carbonyl (C=O) groups is 2. The highest BCUT2D eigenvalue weighted by atomic mass is 32.2. The van der Waals surface area contributed by atoms with Gasteiger partial charge in [-0.1, -0.05) is 79.7 Å². The molecule has 0 radical (unpaired) electrons. The Labute approximate surface area is 386 Å². The standard InChI is InChI=1S/C50H50N8O7S/c1-5-9-45-52-42(47(50(61)63-6-2)58(45)28-33-12-18-35(19-13-33)39-10-7-8-11-40(39)48-53-55-56-54-48)31-66-38-24-25-41-43(27-38)57(3)46(51-41)30-64-37-22-14-32(15-23-37)26-44(49(59)60)65-29-34-16-20-36(62-4)21-17-34/h7-8,10-25,27,44H,5-6,9,26,28-31H2,1-4H3,(H,59,60)(H,53,54,55,56). The van der Waals surface area contributed by atoms with Crippen LogP contribution in [-0.4, -0.2) is 76.6 Å². The van der Waals surface area contributed by atoms with E-state index in [0.717, 1.165) is 73.1 Å². The van der Waals surface area contributed by atoms with Gasteiger partial charge in [-0.15, -0.1) is 16.9 Å². The van der Waals surface area contributed by atoms with Gasteiger partial charge < -0.3 is 33.2 Å². The molecule has 0 fully saturated rings. The Balaban J connectivity index is 0.927. The van der Waals surface area contributed by atoms with Crippen molar-refractivity contribution in [1.29, 1.82) is 0 Å². The molecule has 16 heteroatoms. The second-order valence-corrected chi connectivity index (χ2v) is 16.6. The highest BCUT2D eigenvalue weighted by molar-refractivity contribution is 7.98. The van der Waals surface area contributed by atoms with Gasteiger partial charge in [-0.2, -0.15) is 0 Å². The number of rotatable bonds is 21. The average molecular weight is 907 g/mol. The number of methoxy groups -OCH3 is 1. The summed E-state index contributed by atoms with van der Waals surface area (Å²) in [6.45, 7) is 5.02. The topological polar surface area (TPSA) is 181 Å². The maximum atomic E-state index is 13.7. The Morgan fingerprint density at radius 2 is 1.55 bits per heavy atom. The molecule has 0 aliphatic rings. The van der Waals surface area contributed by atoms with Gasteiger partial charge in [0.05, 0.1) is 37.1 Å². The minimum absolute atomic E-state index is 0.169. The summed E-state index contributed by atoms with van der Waals surface area (Å²) in [4.78, 5) is 36.6. The molecule has 2 N–H and O–H groups in total. The van der Waals surface area contributed by atoms with E-state index in [1.165, 1.54) is 0 Å². The number of aromatic amines is 1. The highest BCUT2D eigenvalue weighted by Crippen LogP contribution is 2.32. The number of hydrogen-bond donors (Lipinski definition) is 2. The number of thioether (sulfide) groups is 1. The number of H-pyrrole nitrogens is 1. The first-order valence-electron chi connectivity index (χ1n) is 21.7. The lowest BCUT2D eigenvalue weighted by atomic mass is 9.98. The quantitative estimate of drug-likeness (QED) is 0.0516. The van der Waals surface area contributed by atoms with Crippen molar-refractivity contribution in [3.63, 3.8) is 0 Å². The lowest BCUT2D eigenvalue weighted by Gasteiger charge is -2.14. The second-order valence-electron chi connectivity index (χ2n) is 15.5. The van der Waals surface area contributed by atoms with Crippen LogP contribution in [0.25, 0.3) is 33.5 Å². The molecular weight excluding hydrogens is 857 g/mol. The fraction of sp³-hybridized carbons (Fsp3) is 0.260. The van der Waals surface area contributed by atoms with Gasteiger partial charge in [-0.25, -0.2) is 24.7 Å². The van der Waals surface area contributed by atoms with Crippen molar-refractivity contribution in [1.82, 2.24) is 39.7 Å². The van der Waals surface area contributed by atoms with E-state index in [1.807, 2.05) is 108 Å². The van der Waals surface area contributed by atoms with E-state index in [2.05, 4.69) is 57.9 Å². The number of benzene rings is 5. The maximum absolute atomic E-state index is 13.7. The number of aromatic nitrogens is 8. The van der Waals surface area contributed by atoms with Crippen LogP contribution in [0.15, 0.2) is 120 Å². The molecule has 0 aliphatic carbocycles. The highest BCUT2D eigenvalue weighted by Gasteiger charge is 2.25. The van der Waals surface area contributed by atoms with E-state index in [-0.39, 0.29) is 26.2 Å². The van der Waals surface area contributed by atoms with Crippen molar-refractivity contribution in [2.24, 2.45) is 7.05 Å². The fourth-order valence-electron chi connectivity index (χ4n) is 7.66. The number of fused-ring (bicyclic) bond motifs is 1. The van der Waals surface area contributed by atoms with E-state index >= 15 is 0 Å². The number of carbonyl (C=O) groups excluding carboxylic acids is 1. The van der Waals surface area contributed by atoms with Gasteiger partial charge in [0.25, 0.3) is 0 Å². The predicted octanol–water partition coefficient (Wildman–Crippen LogP) is 8.89. The molecular formula is C50H50N8O7S. The van der Waals surface area contributed by atoms with Gasteiger partial charge in [-0.05, 0) is 94.1 Å². The third kappa shape index (κ3) is 10.6. The number of carboxylic acid groups (broad SMARTS) is 1. The van der Waals surface area contributed by atoms with Crippen molar-refractivity contribution in [2.75, 3.05) is 13.7 Å². The van der Waals surface area contributed by atoms with Crippen LogP contribution in [0, 0.1) is 0 Å². The summed E-state index contributed by atoms with van der Waals surface area (Å²) in [7, 11) is 3.55. The summed E-state index contributed by atoms with van der Waals surface area (Å²) in [6.07, 6.45) is 0.768. The molecule has 8 aromatic rings. The Morgan fingerprint density at radius 1 is 0.818 bits per heavy atom. The summed E-state index contributed by atoms with van der Waals surface area (Å²) in [6, 6.07) is 37.0. The minimum atomic E-state index is -1.03. The summed E-state index contributed by atoms with van der Waals surface area (Å²) < 4.78 is 26.7. The molecule has 15 nitrogen and oxygen atoms in total. The molecule has 0 amide bonds. The number of esters is 1. The number of aliphatic carboxylic acids is 1. The molecule has 0 bridgehead atoms. The van der Waals surface area contributed by atoms with Crippen LogP contribution < -0.4 is 9.47 Å². The van der Waals surface area contributed by atoms with Crippen molar-refractivity contribution < 1.29 is 33.6 Å². The smallest absolute Gasteiger partial charge is 0.356 e. The SMILES string of the molecule is CCCc1nc(CSc2ccc3nc(COc4ccc(CC(OCc5ccc(OC)cc5)C(=O)O)cc4)n(C)c3c2)c(C(=O)OCC)n1Cc1ccc(-c2ccccc2-c2nnn[nH]2)cc1. The predicted molar refractivity (Wildman–Crippen MR) is 250 cm³/mol. The van der Waals surface area contributed by atoms with Crippen LogP contribution in [0.4, 0.5) is 0 Å². The first-order valence-corrected chi connectivity index (χ1v) is 22.6. The number of nitrogens with zero attached hydrogens (tertiary/aromatic N) is 7. The van der Waals surface area contributed by atoms with Crippen LogP contribution in [0.2, 0.25) is 0 Å². The zero-order valence-electron chi connectivity index (χ0n) is 37.1. The number of aryl methyl sites for hydroxylation is 2. The lowest BCUT2D eigenvalue weighted by Crippen LogP contribution is -2.26. The first-order chi connectivity index (χ1) is 32.2. The Morgan fingerprint density at radius 3 is 2.24 bits per heavy atom. The van der Waals surface area contributed by atoms with Gasteiger partial charge in [0.15, 0.2) is 17.6 Å². The van der Waals surface area contributed by atoms with Gasteiger partial charge in [-0.3, -0.25) is 0 Å². The van der Waals surface area contributed by atoms with Crippen molar-refractivity contribution in [2.45, 2.75) is 69.6 Å². The maximum Gasteiger partial charge on any atom is 0.356 e. The van der Waals surface area contributed by atoms with Crippen LogP contribution in [0.1, 0.15) is 64.8 Å². The molecule has 0 spiro atoms. The van der Waals surface area contributed by atoms with Crippen LogP contribution in [-0.2, 0) is 59.7 Å². The Kier molecular flexibility index (Phi) is 14.5. The second kappa shape index (κ2) is 21.1. The number of tetrazole rings is 1. The molecule has 338 valence electrons. The van der Waals surface area contributed by atoms with Crippen LogP contribution >= 0.6 is 11.8 Å². The molecule has 66 heavy (non-hydrogen) atoms. The van der Waals surface area contributed by atoms with Crippen LogP contribution in [0.5, 0.6) is 11.5 Å². The fourth-order valence-corrected chi connectivity index (χ4v) is 8.53. The van der Waals surface area contributed by atoms with Crippen molar-refractivity contribution in [3.05, 3.63) is 155 Å².